The van der Waals surface area contributed by atoms with Crippen LogP contribution in [0.5, 0.6) is 5.75 Å². The van der Waals surface area contributed by atoms with Gasteiger partial charge in [0.25, 0.3) is 5.91 Å². The third kappa shape index (κ3) is 5.41. The van der Waals surface area contributed by atoms with Crippen molar-refractivity contribution in [3.8, 4) is 5.75 Å². The van der Waals surface area contributed by atoms with Gasteiger partial charge in [0.15, 0.2) is 10.6 Å². The minimum atomic E-state index is -0.670. The molecule has 0 aliphatic heterocycles. The second kappa shape index (κ2) is 10.0. The first-order valence-corrected chi connectivity index (χ1v) is 9.73. The molecule has 9 heteroatoms. The van der Waals surface area contributed by atoms with Crippen molar-refractivity contribution in [1.82, 2.24) is 25.4 Å². The van der Waals surface area contributed by atoms with Crippen LogP contribution in [0.2, 0.25) is 0 Å². The Labute approximate surface area is 169 Å². The molecule has 2 amide bonds. The summed E-state index contributed by atoms with van der Waals surface area (Å²) < 4.78 is 7.69. The molecule has 0 saturated carbocycles. The van der Waals surface area contributed by atoms with Crippen LogP contribution in [0.4, 0.5) is 0 Å². The largest absolute Gasteiger partial charge is 0.494 e. The lowest BCUT2D eigenvalue weighted by Crippen LogP contribution is -2.49. The molecule has 0 spiro atoms. The molecule has 2 aromatic rings. The fourth-order valence-corrected chi connectivity index (χ4v) is 3.00. The zero-order chi connectivity index (χ0) is 20.7. The molecule has 1 unspecified atom stereocenters. The highest BCUT2D eigenvalue weighted by molar-refractivity contribution is 7.71. The number of carbonyl (C=O) groups is 2. The molecule has 1 heterocycles. The standard InChI is InChI=1S/C19H27N5O3S/c1-5-24-15(22-23-19(24)28)11-20-18(26)16(12(3)4)21-17(25)13-7-9-14(10-8-13)27-6-2/h7-10,12,16H,5-6,11H2,1-4H3,(H,20,26)(H,21,25)(H,23,28). The number of H-pyrrole nitrogens is 1. The third-order valence-corrected chi connectivity index (χ3v) is 4.55. The second-order valence-electron chi connectivity index (χ2n) is 6.56. The van der Waals surface area contributed by atoms with Crippen molar-refractivity contribution in [3.05, 3.63) is 40.4 Å². The van der Waals surface area contributed by atoms with E-state index < -0.39 is 6.04 Å². The fourth-order valence-electron chi connectivity index (χ4n) is 2.72. The zero-order valence-corrected chi connectivity index (χ0v) is 17.4. The number of nitrogens with zero attached hydrogens (tertiary/aromatic N) is 2. The Hall–Kier alpha value is -2.68. The molecule has 1 aromatic carbocycles. The predicted molar refractivity (Wildman–Crippen MR) is 109 cm³/mol. The summed E-state index contributed by atoms with van der Waals surface area (Å²) in [7, 11) is 0. The predicted octanol–water partition coefficient (Wildman–Crippen LogP) is 2.43. The smallest absolute Gasteiger partial charge is 0.251 e. The van der Waals surface area contributed by atoms with Gasteiger partial charge in [-0.05, 0) is 56.2 Å². The Kier molecular flexibility index (Phi) is 7.74. The molecule has 1 aromatic heterocycles. The zero-order valence-electron chi connectivity index (χ0n) is 16.6. The lowest BCUT2D eigenvalue weighted by Gasteiger charge is -2.21. The van der Waals surface area contributed by atoms with Gasteiger partial charge in [0.05, 0.1) is 13.2 Å². The molecule has 152 valence electrons. The molecule has 0 bridgehead atoms. The van der Waals surface area contributed by atoms with Crippen LogP contribution in [-0.2, 0) is 17.9 Å². The molecule has 0 aliphatic carbocycles. The minimum absolute atomic E-state index is 0.0846. The molecule has 0 aliphatic rings. The SMILES string of the molecule is CCOc1ccc(C(=O)NC(C(=O)NCc2n[nH]c(=S)n2CC)C(C)C)cc1. The Morgan fingerprint density at radius 1 is 1.25 bits per heavy atom. The van der Waals surface area contributed by atoms with Crippen molar-refractivity contribution in [2.45, 2.75) is 46.8 Å². The van der Waals surface area contributed by atoms with E-state index >= 15 is 0 Å². The highest BCUT2D eigenvalue weighted by atomic mass is 32.1. The van der Waals surface area contributed by atoms with Gasteiger partial charge in [0.2, 0.25) is 5.91 Å². The van der Waals surface area contributed by atoms with E-state index in [1.54, 1.807) is 28.8 Å². The summed E-state index contributed by atoms with van der Waals surface area (Å²) in [5, 5.41) is 12.5. The van der Waals surface area contributed by atoms with Crippen LogP contribution in [-0.4, -0.2) is 39.2 Å². The summed E-state index contributed by atoms with van der Waals surface area (Å²) in [6.07, 6.45) is 0. The molecule has 3 N–H and O–H groups in total. The molecule has 8 nitrogen and oxygen atoms in total. The molecule has 0 saturated heterocycles. The van der Waals surface area contributed by atoms with E-state index in [2.05, 4.69) is 20.8 Å². The van der Waals surface area contributed by atoms with Gasteiger partial charge in [-0.15, -0.1) is 0 Å². The number of aromatic amines is 1. The summed E-state index contributed by atoms with van der Waals surface area (Å²) in [5.41, 5.74) is 0.466. The summed E-state index contributed by atoms with van der Waals surface area (Å²) in [6.45, 7) is 9.04. The molecule has 0 radical (unpaired) electrons. The Bertz CT molecular complexity index is 857. The highest BCUT2D eigenvalue weighted by Gasteiger charge is 2.25. The maximum Gasteiger partial charge on any atom is 0.251 e. The van der Waals surface area contributed by atoms with Gasteiger partial charge in [-0.3, -0.25) is 14.7 Å². The number of benzene rings is 1. The summed E-state index contributed by atoms with van der Waals surface area (Å²) in [4.78, 5) is 25.2. The van der Waals surface area contributed by atoms with Crippen molar-refractivity contribution in [2.75, 3.05) is 6.61 Å². The third-order valence-electron chi connectivity index (χ3n) is 4.24. The van der Waals surface area contributed by atoms with Crippen LogP contribution in [0.1, 0.15) is 43.9 Å². The van der Waals surface area contributed by atoms with Crippen molar-refractivity contribution in [3.63, 3.8) is 0 Å². The van der Waals surface area contributed by atoms with Crippen LogP contribution in [0.3, 0.4) is 0 Å². The van der Waals surface area contributed by atoms with Crippen LogP contribution >= 0.6 is 12.2 Å². The molecule has 1 atom stereocenters. The average Bonchev–Trinajstić information content (AvgIpc) is 3.04. The maximum absolute atomic E-state index is 12.7. The van der Waals surface area contributed by atoms with Gasteiger partial charge in [0, 0.05) is 12.1 Å². The number of carbonyl (C=O) groups excluding carboxylic acids is 2. The van der Waals surface area contributed by atoms with Crippen LogP contribution in [0, 0.1) is 10.7 Å². The highest BCUT2D eigenvalue weighted by Crippen LogP contribution is 2.13. The topological polar surface area (TPSA) is 101 Å². The molecular weight excluding hydrogens is 378 g/mol. The average molecular weight is 406 g/mol. The van der Waals surface area contributed by atoms with Gasteiger partial charge in [-0.25, -0.2) is 0 Å². The molecule has 28 heavy (non-hydrogen) atoms. The maximum atomic E-state index is 12.7. The Balaban J connectivity index is 2.02. The number of hydrogen-bond donors (Lipinski definition) is 3. The second-order valence-corrected chi connectivity index (χ2v) is 6.95. The van der Waals surface area contributed by atoms with E-state index in [0.717, 1.165) is 0 Å². The van der Waals surface area contributed by atoms with Gasteiger partial charge < -0.3 is 19.9 Å². The summed E-state index contributed by atoms with van der Waals surface area (Å²) in [6, 6.07) is 6.15. The van der Waals surface area contributed by atoms with E-state index in [0.29, 0.717) is 35.1 Å². The van der Waals surface area contributed by atoms with E-state index in [9.17, 15) is 9.59 Å². The summed E-state index contributed by atoms with van der Waals surface area (Å²) >= 11 is 5.15. The number of amides is 2. The van der Waals surface area contributed by atoms with Gasteiger partial charge in [-0.2, -0.15) is 5.10 Å². The van der Waals surface area contributed by atoms with E-state index in [1.807, 2.05) is 27.7 Å². The molecule has 0 fully saturated rings. The van der Waals surface area contributed by atoms with E-state index in [-0.39, 0.29) is 24.3 Å². The number of hydrogen-bond acceptors (Lipinski definition) is 5. The van der Waals surface area contributed by atoms with Crippen molar-refractivity contribution < 1.29 is 14.3 Å². The van der Waals surface area contributed by atoms with Crippen molar-refractivity contribution in [2.24, 2.45) is 5.92 Å². The van der Waals surface area contributed by atoms with Crippen LogP contribution in [0.25, 0.3) is 0 Å². The number of rotatable bonds is 9. The molecule has 2 rings (SSSR count). The number of nitrogens with one attached hydrogen (secondary N) is 3. The van der Waals surface area contributed by atoms with Gasteiger partial charge in [0.1, 0.15) is 11.8 Å². The van der Waals surface area contributed by atoms with Gasteiger partial charge in [-0.1, -0.05) is 13.8 Å². The number of aromatic nitrogens is 3. The first-order valence-electron chi connectivity index (χ1n) is 9.32. The van der Waals surface area contributed by atoms with Crippen LogP contribution in [0.15, 0.2) is 24.3 Å². The number of ether oxygens (including phenoxy) is 1. The van der Waals surface area contributed by atoms with Crippen molar-refractivity contribution in [1.29, 1.82) is 0 Å². The fraction of sp³-hybridized carbons (Fsp3) is 0.474. The molecular formula is C19H27N5O3S. The quantitative estimate of drug-likeness (QED) is 0.556. The first kappa shape index (κ1) is 21.6. The Morgan fingerprint density at radius 2 is 1.93 bits per heavy atom. The monoisotopic (exact) mass is 405 g/mol. The van der Waals surface area contributed by atoms with Crippen molar-refractivity contribution >= 4 is 24.0 Å². The normalized spacial score (nSPS) is 11.9. The van der Waals surface area contributed by atoms with E-state index in [4.69, 9.17) is 17.0 Å². The van der Waals surface area contributed by atoms with Gasteiger partial charge >= 0.3 is 0 Å². The Morgan fingerprint density at radius 3 is 2.50 bits per heavy atom. The first-order chi connectivity index (χ1) is 13.4. The lowest BCUT2D eigenvalue weighted by molar-refractivity contribution is -0.124. The lowest BCUT2D eigenvalue weighted by atomic mass is 10.0. The van der Waals surface area contributed by atoms with Crippen LogP contribution < -0.4 is 15.4 Å². The summed E-state index contributed by atoms with van der Waals surface area (Å²) in [5.74, 6) is 0.667. The van der Waals surface area contributed by atoms with E-state index in [1.165, 1.54) is 0 Å². The minimum Gasteiger partial charge on any atom is -0.494 e.